The van der Waals surface area contributed by atoms with E-state index in [0.29, 0.717) is 11.4 Å². The van der Waals surface area contributed by atoms with Gasteiger partial charge in [0.05, 0.1) is 35.1 Å². The number of hydrogen-bond donors (Lipinski definition) is 2. The van der Waals surface area contributed by atoms with E-state index in [-0.39, 0.29) is 28.0 Å². The Bertz CT molecular complexity index is 1150. The van der Waals surface area contributed by atoms with Gasteiger partial charge in [0, 0.05) is 18.3 Å². The molecular formula is C20H20N4O5S. The summed E-state index contributed by atoms with van der Waals surface area (Å²) in [4.78, 5) is 14.6. The molecule has 2 N–H and O–H groups in total. The lowest BCUT2D eigenvalue weighted by molar-refractivity contribution is -0.385. The first-order valence-corrected chi connectivity index (χ1v) is 10.4. The van der Waals surface area contributed by atoms with Crippen LogP contribution < -0.4 is 14.8 Å². The summed E-state index contributed by atoms with van der Waals surface area (Å²) < 4.78 is 33.9. The molecule has 3 rings (SSSR count). The minimum atomic E-state index is -4.18. The molecule has 1 heterocycles. The Balaban J connectivity index is 2.02. The molecule has 3 aromatic rings. The summed E-state index contributed by atoms with van der Waals surface area (Å²) in [5.74, 6) is 0.322. The molecule has 0 spiro atoms. The van der Waals surface area contributed by atoms with Crippen LogP contribution in [0.2, 0.25) is 0 Å². The van der Waals surface area contributed by atoms with Crippen molar-refractivity contribution in [1.82, 2.24) is 4.98 Å². The van der Waals surface area contributed by atoms with Crippen molar-refractivity contribution in [3.8, 4) is 5.75 Å². The highest BCUT2D eigenvalue weighted by atomic mass is 32.2. The van der Waals surface area contributed by atoms with Gasteiger partial charge in [-0.15, -0.1) is 0 Å². The summed E-state index contributed by atoms with van der Waals surface area (Å²) in [5.41, 5.74) is 0.778. The molecule has 0 aliphatic carbocycles. The number of aromatic nitrogens is 1. The monoisotopic (exact) mass is 428 g/mol. The van der Waals surface area contributed by atoms with Gasteiger partial charge in [0.25, 0.3) is 15.7 Å². The maximum atomic E-state index is 13.1. The van der Waals surface area contributed by atoms with E-state index in [1.807, 2.05) is 13.0 Å². The third-order valence-corrected chi connectivity index (χ3v) is 5.73. The van der Waals surface area contributed by atoms with E-state index in [9.17, 15) is 18.5 Å². The Morgan fingerprint density at radius 2 is 1.80 bits per heavy atom. The van der Waals surface area contributed by atoms with Crippen LogP contribution >= 0.6 is 0 Å². The highest BCUT2D eigenvalue weighted by Crippen LogP contribution is 2.32. The van der Waals surface area contributed by atoms with E-state index in [0.717, 1.165) is 6.07 Å². The number of anilines is 2. The fourth-order valence-corrected chi connectivity index (χ4v) is 4.09. The normalized spacial score (nSPS) is 12.1. The van der Waals surface area contributed by atoms with Crippen molar-refractivity contribution in [3.63, 3.8) is 0 Å². The molecular weight excluding hydrogens is 408 g/mol. The van der Waals surface area contributed by atoms with Crippen molar-refractivity contribution in [2.24, 2.45) is 0 Å². The predicted octanol–water partition coefficient (Wildman–Crippen LogP) is 3.97. The average molecular weight is 428 g/mol. The molecule has 1 unspecified atom stereocenters. The van der Waals surface area contributed by atoms with Crippen LogP contribution in [-0.4, -0.2) is 25.4 Å². The van der Waals surface area contributed by atoms with Crippen molar-refractivity contribution in [2.75, 3.05) is 17.1 Å². The van der Waals surface area contributed by atoms with Crippen LogP contribution in [0.3, 0.4) is 0 Å². The molecule has 0 radical (unpaired) electrons. The average Bonchev–Trinajstić information content (AvgIpc) is 2.74. The van der Waals surface area contributed by atoms with Crippen molar-refractivity contribution >= 4 is 27.1 Å². The van der Waals surface area contributed by atoms with Gasteiger partial charge < -0.3 is 10.1 Å². The zero-order valence-electron chi connectivity index (χ0n) is 16.3. The molecule has 0 saturated heterocycles. The van der Waals surface area contributed by atoms with E-state index in [1.54, 1.807) is 36.5 Å². The second-order valence-corrected chi connectivity index (χ2v) is 8.01. The molecule has 10 heteroatoms. The quantitative estimate of drug-likeness (QED) is 0.411. The molecule has 2 aromatic carbocycles. The molecule has 0 fully saturated rings. The number of non-ortho nitro benzene ring substituents is 1. The first-order valence-electron chi connectivity index (χ1n) is 8.93. The van der Waals surface area contributed by atoms with Gasteiger partial charge >= 0.3 is 0 Å². The second-order valence-electron chi connectivity index (χ2n) is 6.36. The molecule has 30 heavy (non-hydrogen) atoms. The number of para-hydroxylation sites is 2. The highest BCUT2D eigenvalue weighted by molar-refractivity contribution is 7.93. The Kier molecular flexibility index (Phi) is 6.17. The summed E-state index contributed by atoms with van der Waals surface area (Å²) in [6.45, 7) is 1.81. The molecule has 1 atom stereocenters. The Morgan fingerprint density at radius 1 is 1.07 bits per heavy atom. The number of nitro benzene ring substituents is 1. The van der Waals surface area contributed by atoms with Gasteiger partial charge in [-0.05, 0) is 37.3 Å². The summed E-state index contributed by atoms with van der Waals surface area (Å²) in [6.07, 6.45) is 1.63. The van der Waals surface area contributed by atoms with Gasteiger partial charge in [0.2, 0.25) is 0 Å². The van der Waals surface area contributed by atoms with Gasteiger partial charge in [-0.2, -0.15) is 0 Å². The molecule has 156 valence electrons. The smallest absolute Gasteiger partial charge is 0.270 e. The maximum absolute atomic E-state index is 13.1. The lowest BCUT2D eigenvalue weighted by atomic mass is 10.2. The van der Waals surface area contributed by atoms with Crippen LogP contribution in [0.25, 0.3) is 0 Å². The number of sulfonamides is 1. The van der Waals surface area contributed by atoms with Crippen molar-refractivity contribution in [1.29, 1.82) is 0 Å². The first-order chi connectivity index (χ1) is 14.3. The Morgan fingerprint density at radius 3 is 2.47 bits per heavy atom. The molecule has 0 amide bonds. The van der Waals surface area contributed by atoms with E-state index in [4.69, 9.17) is 4.74 Å². The van der Waals surface area contributed by atoms with E-state index >= 15 is 0 Å². The Labute approximate surface area is 173 Å². The molecule has 0 saturated carbocycles. The third kappa shape index (κ3) is 4.66. The van der Waals surface area contributed by atoms with Gasteiger partial charge in [-0.3, -0.25) is 19.8 Å². The number of benzene rings is 2. The van der Waals surface area contributed by atoms with E-state index in [2.05, 4.69) is 15.0 Å². The lowest BCUT2D eigenvalue weighted by Gasteiger charge is -2.19. The summed E-state index contributed by atoms with van der Waals surface area (Å²) >= 11 is 0. The van der Waals surface area contributed by atoms with Gasteiger partial charge in [-0.1, -0.05) is 18.2 Å². The van der Waals surface area contributed by atoms with Crippen molar-refractivity contribution < 1.29 is 18.1 Å². The molecule has 1 aromatic heterocycles. The number of methoxy groups -OCH3 is 1. The van der Waals surface area contributed by atoms with Gasteiger partial charge in [0.15, 0.2) is 0 Å². The molecule has 0 aliphatic rings. The van der Waals surface area contributed by atoms with E-state index in [1.165, 1.54) is 25.3 Å². The zero-order valence-corrected chi connectivity index (χ0v) is 17.1. The van der Waals surface area contributed by atoms with Crippen LogP contribution in [0.1, 0.15) is 18.7 Å². The SMILES string of the molecule is COc1ccccc1NS(=O)(=O)c1cc([N+](=O)[O-])ccc1NC(C)c1ccccn1. The predicted molar refractivity (Wildman–Crippen MR) is 113 cm³/mol. The summed E-state index contributed by atoms with van der Waals surface area (Å²) in [5, 5.41) is 14.3. The van der Waals surface area contributed by atoms with Gasteiger partial charge in [-0.25, -0.2) is 8.42 Å². The number of rotatable bonds is 8. The number of nitro groups is 1. The fourth-order valence-electron chi connectivity index (χ4n) is 2.83. The molecule has 0 bridgehead atoms. The number of ether oxygens (including phenoxy) is 1. The minimum Gasteiger partial charge on any atom is -0.495 e. The largest absolute Gasteiger partial charge is 0.495 e. The number of nitrogens with one attached hydrogen (secondary N) is 2. The summed E-state index contributed by atoms with van der Waals surface area (Å²) in [6, 6.07) is 15.2. The number of nitrogens with zero attached hydrogens (tertiary/aromatic N) is 2. The maximum Gasteiger partial charge on any atom is 0.270 e. The summed E-state index contributed by atoms with van der Waals surface area (Å²) in [7, 11) is -2.76. The topological polar surface area (TPSA) is 123 Å². The first kappa shape index (κ1) is 21.1. The van der Waals surface area contributed by atoms with Crippen LogP contribution in [-0.2, 0) is 10.0 Å². The van der Waals surface area contributed by atoms with Crippen molar-refractivity contribution in [3.05, 3.63) is 82.7 Å². The number of pyridine rings is 1. The molecule has 9 nitrogen and oxygen atoms in total. The second kappa shape index (κ2) is 8.78. The lowest BCUT2D eigenvalue weighted by Crippen LogP contribution is -2.17. The minimum absolute atomic E-state index is 0.209. The third-order valence-electron chi connectivity index (χ3n) is 4.32. The van der Waals surface area contributed by atoms with Crippen molar-refractivity contribution in [2.45, 2.75) is 17.9 Å². The van der Waals surface area contributed by atoms with Crippen LogP contribution in [0.4, 0.5) is 17.1 Å². The van der Waals surface area contributed by atoms with Crippen LogP contribution in [0, 0.1) is 10.1 Å². The fraction of sp³-hybridized carbons (Fsp3) is 0.150. The van der Waals surface area contributed by atoms with E-state index < -0.39 is 14.9 Å². The molecule has 0 aliphatic heterocycles. The standard InChI is InChI=1S/C20H20N4O5S/c1-14(16-7-5-6-12-21-16)22-18-11-10-15(24(25)26)13-20(18)30(27,28)23-17-8-3-4-9-19(17)29-2/h3-14,22-23H,1-2H3. The van der Waals surface area contributed by atoms with Crippen LogP contribution in [0.5, 0.6) is 5.75 Å². The zero-order chi connectivity index (χ0) is 21.7. The van der Waals surface area contributed by atoms with Gasteiger partial charge in [0.1, 0.15) is 10.6 Å². The highest BCUT2D eigenvalue weighted by Gasteiger charge is 2.24. The van der Waals surface area contributed by atoms with Crippen LogP contribution in [0.15, 0.2) is 71.8 Å². The number of hydrogen-bond acceptors (Lipinski definition) is 7. The Hall–Kier alpha value is -3.66.